The molecule has 1 N–H and O–H groups in total. The third-order valence-corrected chi connectivity index (χ3v) is 3.08. The lowest BCUT2D eigenvalue weighted by atomic mass is 10.4. The van der Waals surface area contributed by atoms with Gasteiger partial charge in [0.2, 0.25) is 0 Å². The molecule has 0 aliphatic carbocycles. The van der Waals surface area contributed by atoms with Crippen LogP contribution in [-0.2, 0) is 6.54 Å². The van der Waals surface area contributed by atoms with E-state index in [2.05, 4.69) is 4.98 Å². The minimum absolute atomic E-state index is 0.0138. The van der Waals surface area contributed by atoms with Crippen LogP contribution >= 0.6 is 22.9 Å². The molecule has 0 fully saturated rings. The summed E-state index contributed by atoms with van der Waals surface area (Å²) in [5.74, 6) is -1.08. The van der Waals surface area contributed by atoms with Gasteiger partial charge < -0.3 is 9.67 Å². The lowest BCUT2D eigenvalue weighted by molar-refractivity contribution is 0.0691. The van der Waals surface area contributed by atoms with Crippen molar-refractivity contribution in [2.75, 3.05) is 0 Å². The second-order valence-electron chi connectivity index (χ2n) is 3.25. The molecule has 0 unspecified atom stereocenters. The van der Waals surface area contributed by atoms with E-state index in [-0.39, 0.29) is 17.8 Å². The van der Waals surface area contributed by atoms with Crippen LogP contribution in [0.5, 0.6) is 0 Å². The van der Waals surface area contributed by atoms with E-state index in [9.17, 15) is 9.59 Å². The number of aromatic nitrogens is 2. The molecule has 0 saturated heterocycles. The molecule has 7 heteroatoms. The molecule has 0 atom stereocenters. The molecule has 0 bridgehead atoms. The number of hydrogen-bond donors (Lipinski definition) is 1. The third kappa shape index (κ3) is 2.72. The van der Waals surface area contributed by atoms with Crippen LogP contribution in [0.3, 0.4) is 0 Å². The lowest BCUT2D eigenvalue weighted by Crippen LogP contribution is -2.18. The molecule has 2 rings (SSSR count). The quantitative estimate of drug-likeness (QED) is 0.921. The van der Waals surface area contributed by atoms with E-state index in [1.807, 2.05) is 0 Å². The van der Waals surface area contributed by atoms with Gasteiger partial charge in [-0.15, -0.1) is 11.3 Å². The highest BCUT2D eigenvalue weighted by molar-refractivity contribution is 7.09. The molecule has 0 aliphatic rings. The van der Waals surface area contributed by atoms with Crippen LogP contribution in [0.25, 0.3) is 0 Å². The van der Waals surface area contributed by atoms with Crippen molar-refractivity contribution in [1.82, 2.24) is 9.55 Å². The van der Waals surface area contributed by atoms with Gasteiger partial charge in [-0.3, -0.25) is 4.79 Å². The van der Waals surface area contributed by atoms with Crippen LogP contribution in [0, 0.1) is 0 Å². The van der Waals surface area contributed by atoms with Crippen molar-refractivity contribution in [2.45, 2.75) is 6.54 Å². The predicted molar refractivity (Wildman–Crippen MR) is 63.9 cm³/mol. The molecule has 2 aromatic rings. The Morgan fingerprint density at radius 2 is 2.29 bits per heavy atom. The Morgan fingerprint density at radius 3 is 2.94 bits per heavy atom. The van der Waals surface area contributed by atoms with Crippen molar-refractivity contribution in [2.24, 2.45) is 0 Å². The standard InChI is InChI=1S/C10H7ClN2O3S/c11-6-1-2-9(14)13(3-6)4-8-12-7(5-17-8)10(15)16/h1-3,5H,4H2,(H,15,16). The van der Waals surface area contributed by atoms with Gasteiger partial charge in [0, 0.05) is 17.6 Å². The summed E-state index contributed by atoms with van der Waals surface area (Å²) in [6.07, 6.45) is 1.49. The van der Waals surface area contributed by atoms with E-state index in [1.165, 1.54) is 39.6 Å². The number of pyridine rings is 1. The molecule has 0 saturated carbocycles. The molecule has 2 heterocycles. The average molecular weight is 271 g/mol. The first-order valence-corrected chi connectivity index (χ1v) is 5.86. The maximum absolute atomic E-state index is 11.5. The Bertz CT molecular complexity index is 620. The molecule has 0 radical (unpaired) electrons. The van der Waals surface area contributed by atoms with Crippen LogP contribution in [0.15, 0.2) is 28.5 Å². The van der Waals surface area contributed by atoms with Crippen molar-refractivity contribution in [3.63, 3.8) is 0 Å². The van der Waals surface area contributed by atoms with Crippen molar-refractivity contribution in [3.05, 3.63) is 49.8 Å². The molecule has 88 valence electrons. The summed E-state index contributed by atoms with van der Waals surface area (Å²) < 4.78 is 1.38. The summed E-state index contributed by atoms with van der Waals surface area (Å²) in [5, 5.41) is 11.1. The first kappa shape index (κ1) is 11.8. The summed E-state index contributed by atoms with van der Waals surface area (Å²) in [5.41, 5.74) is -0.221. The Labute approximate surface area is 105 Å². The van der Waals surface area contributed by atoms with Crippen LogP contribution in [0.4, 0.5) is 0 Å². The monoisotopic (exact) mass is 270 g/mol. The van der Waals surface area contributed by atoms with Crippen molar-refractivity contribution in [1.29, 1.82) is 0 Å². The van der Waals surface area contributed by atoms with Gasteiger partial charge in [-0.1, -0.05) is 11.6 Å². The van der Waals surface area contributed by atoms with Gasteiger partial charge >= 0.3 is 5.97 Å². The van der Waals surface area contributed by atoms with E-state index in [1.54, 1.807) is 0 Å². The maximum Gasteiger partial charge on any atom is 0.355 e. The second-order valence-corrected chi connectivity index (χ2v) is 4.62. The molecule has 0 amide bonds. The largest absolute Gasteiger partial charge is 0.476 e. The summed E-state index contributed by atoms with van der Waals surface area (Å²) in [6.45, 7) is 0.220. The number of thiazole rings is 1. The van der Waals surface area contributed by atoms with E-state index in [0.29, 0.717) is 10.0 Å². The molecule has 5 nitrogen and oxygen atoms in total. The van der Waals surface area contributed by atoms with Crippen molar-refractivity contribution in [3.8, 4) is 0 Å². The smallest absolute Gasteiger partial charge is 0.355 e. The molecule has 17 heavy (non-hydrogen) atoms. The fourth-order valence-electron chi connectivity index (χ4n) is 1.25. The van der Waals surface area contributed by atoms with Gasteiger partial charge in [0.25, 0.3) is 5.56 Å². The Morgan fingerprint density at radius 1 is 1.53 bits per heavy atom. The van der Waals surface area contributed by atoms with Crippen LogP contribution < -0.4 is 5.56 Å². The summed E-state index contributed by atoms with van der Waals surface area (Å²) in [7, 11) is 0. The van der Waals surface area contributed by atoms with E-state index in [0.717, 1.165) is 0 Å². The number of halogens is 1. The predicted octanol–water partition coefficient (Wildman–Crippen LogP) is 1.70. The minimum Gasteiger partial charge on any atom is -0.476 e. The maximum atomic E-state index is 11.5. The number of aromatic carboxylic acids is 1. The first-order valence-electron chi connectivity index (χ1n) is 4.60. The highest BCUT2D eigenvalue weighted by atomic mass is 35.5. The Hall–Kier alpha value is -1.66. The Kier molecular flexibility index (Phi) is 3.26. The first-order chi connectivity index (χ1) is 8.06. The van der Waals surface area contributed by atoms with E-state index < -0.39 is 5.97 Å². The molecular weight excluding hydrogens is 264 g/mol. The number of nitrogens with zero attached hydrogens (tertiary/aromatic N) is 2. The zero-order valence-corrected chi connectivity index (χ0v) is 10.0. The van der Waals surface area contributed by atoms with E-state index in [4.69, 9.17) is 16.7 Å². The second kappa shape index (κ2) is 4.68. The fraction of sp³-hybridized carbons (Fsp3) is 0.100. The van der Waals surface area contributed by atoms with E-state index >= 15 is 0 Å². The number of carbonyl (C=O) groups is 1. The third-order valence-electron chi connectivity index (χ3n) is 2.02. The number of hydrogen-bond acceptors (Lipinski definition) is 4. The van der Waals surface area contributed by atoms with Gasteiger partial charge in [0.05, 0.1) is 11.6 Å². The zero-order valence-electron chi connectivity index (χ0n) is 8.46. The molecular formula is C10H7ClN2O3S. The summed E-state index contributed by atoms with van der Waals surface area (Å²) in [4.78, 5) is 26.0. The van der Waals surface area contributed by atoms with Crippen LogP contribution in [-0.4, -0.2) is 20.6 Å². The normalized spacial score (nSPS) is 10.4. The van der Waals surface area contributed by atoms with Crippen molar-refractivity contribution < 1.29 is 9.90 Å². The molecule has 2 aromatic heterocycles. The number of carboxylic acid groups (broad SMARTS) is 1. The topological polar surface area (TPSA) is 72.2 Å². The van der Waals surface area contributed by atoms with Crippen molar-refractivity contribution >= 4 is 28.9 Å². The van der Waals surface area contributed by atoms with Crippen LogP contribution in [0.1, 0.15) is 15.5 Å². The Balaban J connectivity index is 2.28. The summed E-state index contributed by atoms with van der Waals surface area (Å²) >= 11 is 6.96. The highest BCUT2D eigenvalue weighted by Crippen LogP contribution is 2.12. The summed E-state index contributed by atoms with van der Waals surface area (Å²) in [6, 6.07) is 2.86. The zero-order chi connectivity index (χ0) is 12.4. The van der Waals surface area contributed by atoms with Gasteiger partial charge in [-0.25, -0.2) is 9.78 Å². The molecule has 0 aliphatic heterocycles. The number of carboxylic acids is 1. The molecule has 0 aromatic carbocycles. The highest BCUT2D eigenvalue weighted by Gasteiger charge is 2.09. The van der Waals surface area contributed by atoms with Gasteiger partial charge in [-0.05, 0) is 6.07 Å². The molecule has 0 spiro atoms. The average Bonchev–Trinajstić information content (AvgIpc) is 2.72. The van der Waals surface area contributed by atoms with Gasteiger partial charge in [0.15, 0.2) is 5.69 Å². The minimum atomic E-state index is -1.08. The lowest BCUT2D eigenvalue weighted by Gasteiger charge is -2.02. The van der Waals surface area contributed by atoms with Gasteiger partial charge in [0.1, 0.15) is 5.01 Å². The van der Waals surface area contributed by atoms with Gasteiger partial charge in [-0.2, -0.15) is 0 Å². The number of rotatable bonds is 3. The SMILES string of the molecule is O=C(O)c1csc(Cn2cc(Cl)ccc2=O)n1. The fourth-order valence-corrected chi connectivity index (χ4v) is 2.20. The van der Waals surface area contributed by atoms with Crippen LogP contribution in [0.2, 0.25) is 5.02 Å².